The minimum atomic E-state index is 0.551. The molecule has 8 nitrogen and oxygen atoms in total. The molecule has 44 heavy (non-hydrogen) atoms. The number of ether oxygens (including phenoxy) is 6. The maximum atomic E-state index is 5.50. The molecule has 5 aromatic rings. The SMILES string of the molecule is CC.COc1cc(-c2ccc(-c3cccc(-c4ccc(-c5cc(OC)c(OC)c(OC)c5)cn4)c3)nc2)cc(OC)c1OC. The van der Waals surface area contributed by atoms with Crippen molar-refractivity contribution in [2.24, 2.45) is 0 Å². The molecule has 2 heterocycles. The summed E-state index contributed by atoms with van der Waals surface area (Å²) in [5, 5.41) is 0. The number of benzene rings is 3. The lowest BCUT2D eigenvalue weighted by molar-refractivity contribution is 0.324. The van der Waals surface area contributed by atoms with Crippen LogP contribution in [0.3, 0.4) is 0 Å². The summed E-state index contributed by atoms with van der Waals surface area (Å²) in [7, 11) is 9.58. The first kappa shape index (κ1) is 31.7. The molecule has 2 aromatic heterocycles. The van der Waals surface area contributed by atoms with Crippen LogP contribution in [0.1, 0.15) is 13.8 Å². The van der Waals surface area contributed by atoms with Gasteiger partial charge in [0.05, 0.1) is 54.0 Å². The Kier molecular flexibility index (Phi) is 10.6. The normalized spacial score (nSPS) is 10.3. The van der Waals surface area contributed by atoms with Gasteiger partial charge >= 0.3 is 0 Å². The lowest BCUT2D eigenvalue weighted by atomic mass is 10.0. The third-order valence-corrected chi connectivity index (χ3v) is 6.98. The van der Waals surface area contributed by atoms with Gasteiger partial charge in [0.1, 0.15) is 0 Å². The van der Waals surface area contributed by atoms with Crippen molar-refractivity contribution < 1.29 is 28.4 Å². The highest BCUT2D eigenvalue weighted by molar-refractivity contribution is 5.75. The Labute approximate surface area is 259 Å². The molecule has 0 N–H and O–H groups in total. The predicted molar refractivity (Wildman–Crippen MR) is 174 cm³/mol. The summed E-state index contributed by atoms with van der Waals surface area (Å²) in [5.41, 5.74) is 7.35. The Morgan fingerprint density at radius 2 is 0.750 bits per heavy atom. The maximum absolute atomic E-state index is 5.50. The van der Waals surface area contributed by atoms with Crippen molar-refractivity contribution in [2.45, 2.75) is 13.8 Å². The molecule has 0 amide bonds. The Bertz CT molecular complexity index is 1510. The molecular formula is C36H38N2O6. The minimum absolute atomic E-state index is 0.551. The molecule has 0 saturated heterocycles. The van der Waals surface area contributed by atoms with Crippen LogP contribution < -0.4 is 28.4 Å². The maximum Gasteiger partial charge on any atom is 0.203 e. The van der Waals surface area contributed by atoms with E-state index in [4.69, 9.17) is 38.4 Å². The van der Waals surface area contributed by atoms with Crippen molar-refractivity contribution >= 4 is 0 Å². The van der Waals surface area contributed by atoms with Crippen molar-refractivity contribution in [1.82, 2.24) is 9.97 Å². The van der Waals surface area contributed by atoms with E-state index in [0.717, 1.165) is 44.8 Å². The first-order chi connectivity index (χ1) is 21.5. The summed E-state index contributed by atoms with van der Waals surface area (Å²) < 4.78 is 32.9. The molecule has 8 heteroatoms. The van der Waals surface area contributed by atoms with Gasteiger partial charge in [0.25, 0.3) is 0 Å². The number of pyridine rings is 2. The second-order valence-electron chi connectivity index (χ2n) is 9.27. The smallest absolute Gasteiger partial charge is 0.203 e. The summed E-state index contributed by atoms with van der Waals surface area (Å²) in [6.45, 7) is 4.00. The lowest BCUT2D eigenvalue weighted by Crippen LogP contribution is -1.96. The molecule has 0 saturated carbocycles. The zero-order chi connectivity index (χ0) is 31.6. The van der Waals surface area contributed by atoms with Gasteiger partial charge in [-0.3, -0.25) is 9.97 Å². The number of methoxy groups -OCH3 is 6. The highest BCUT2D eigenvalue weighted by atomic mass is 16.5. The Morgan fingerprint density at radius 3 is 1.02 bits per heavy atom. The molecule has 0 radical (unpaired) electrons. The molecule has 0 unspecified atom stereocenters. The second kappa shape index (κ2) is 14.8. The number of aromatic nitrogens is 2. The van der Waals surface area contributed by atoms with Gasteiger partial charge in [-0.05, 0) is 53.6 Å². The molecule has 0 atom stereocenters. The highest BCUT2D eigenvalue weighted by Crippen LogP contribution is 2.42. The molecule has 0 aliphatic carbocycles. The zero-order valence-corrected chi connectivity index (χ0v) is 26.4. The van der Waals surface area contributed by atoms with Gasteiger partial charge in [0, 0.05) is 34.6 Å². The van der Waals surface area contributed by atoms with Crippen LogP contribution in [0.25, 0.3) is 44.8 Å². The van der Waals surface area contributed by atoms with Crippen LogP contribution in [0, 0.1) is 0 Å². The Morgan fingerprint density at radius 1 is 0.386 bits per heavy atom. The molecule has 0 fully saturated rings. The second-order valence-corrected chi connectivity index (χ2v) is 9.27. The van der Waals surface area contributed by atoms with Crippen LogP contribution in [-0.2, 0) is 0 Å². The summed E-state index contributed by atoms with van der Waals surface area (Å²) >= 11 is 0. The van der Waals surface area contributed by atoms with E-state index in [1.165, 1.54) is 0 Å². The first-order valence-corrected chi connectivity index (χ1v) is 14.2. The van der Waals surface area contributed by atoms with Crippen LogP contribution in [0.5, 0.6) is 34.5 Å². The van der Waals surface area contributed by atoms with Crippen LogP contribution in [-0.4, -0.2) is 52.6 Å². The van der Waals surface area contributed by atoms with Gasteiger partial charge in [-0.15, -0.1) is 0 Å². The van der Waals surface area contributed by atoms with Gasteiger partial charge in [-0.2, -0.15) is 0 Å². The van der Waals surface area contributed by atoms with Crippen molar-refractivity contribution in [3.05, 3.63) is 85.2 Å². The molecular weight excluding hydrogens is 556 g/mol. The van der Waals surface area contributed by atoms with E-state index < -0.39 is 0 Å². The lowest BCUT2D eigenvalue weighted by Gasteiger charge is -2.14. The van der Waals surface area contributed by atoms with Crippen LogP contribution in [0.15, 0.2) is 85.2 Å². The molecule has 0 aliphatic heterocycles. The topological polar surface area (TPSA) is 81.2 Å². The Balaban J connectivity index is 0.00000216. The summed E-state index contributed by atoms with van der Waals surface area (Å²) in [5.74, 6) is 3.46. The third kappa shape index (κ3) is 6.54. The minimum Gasteiger partial charge on any atom is -0.493 e. The zero-order valence-electron chi connectivity index (χ0n) is 26.4. The number of nitrogens with zero attached hydrogens (tertiary/aromatic N) is 2. The van der Waals surface area contributed by atoms with E-state index in [2.05, 4.69) is 6.07 Å². The van der Waals surface area contributed by atoms with Gasteiger partial charge in [0.15, 0.2) is 23.0 Å². The predicted octanol–water partition coefficient (Wildman–Crippen LogP) is 8.22. The van der Waals surface area contributed by atoms with E-state index in [1.54, 1.807) is 42.7 Å². The molecule has 0 bridgehead atoms. The van der Waals surface area contributed by atoms with Gasteiger partial charge < -0.3 is 28.4 Å². The van der Waals surface area contributed by atoms with E-state index in [9.17, 15) is 0 Å². The van der Waals surface area contributed by atoms with Gasteiger partial charge in [0.2, 0.25) is 11.5 Å². The summed E-state index contributed by atoms with van der Waals surface area (Å²) in [6, 6.07) is 23.9. The van der Waals surface area contributed by atoms with E-state index in [0.29, 0.717) is 34.5 Å². The number of hydrogen-bond acceptors (Lipinski definition) is 8. The number of hydrogen-bond donors (Lipinski definition) is 0. The summed E-state index contributed by atoms with van der Waals surface area (Å²) in [6.07, 6.45) is 3.68. The third-order valence-electron chi connectivity index (χ3n) is 6.98. The molecule has 3 aromatic carbocycles. The van der Waals surface area contributed by atoms with Gasteiger partial charge in [-0.1, -0.05) is 44.2 Å². The number of rotatable bonds is 10. The molecule has 228 valence electrons. The van der Waals surface area contributed by atoms with Crippen LogP contribution in [0.4, 0.5) is 0 Å². The van der Waals surface area contributed by atoms with Crippen molar-refractivity contribution in [1.29, 1.82) is 0 Å². The summed E-state index contributed by atoms with van der Waals surface area (Å²) in [4.78, 5) is 9.49. The fourth-order valence-electron chi connectivity index (χ4n) is 4.80. The highest BCUT2D eigenvalue weighted by Gasteiger charge is 2.16. The van der Waals surface area contributed by atoms with Crippen LogP contribution in [0.2, 0.25) is 0 Å². The van der Waals surface area contributed by atoms with E-state index >= 15 is 0 Å². The van der Waals surface area contributed by atoms with Gasteiger partial charge in [-0.25, -0.2) is 0 Å². The van der Waals surface area contributed by atoms with E-state index in [1.807, 2.05) is 93.0 Å². The first-order valence-electron chi connectivity index (χ1n) is 14.2. The standard InChI is InChI=1S/C34H32N2O6.C2H6/c1-37-29-15-25(16-30(38-2)33(29)41-5)23-10-12-27(35-19-23)21-8-7-9-22(14-21)28-13-11-24(20-36-28)26-17-31(39-3)34(42-6)32(18-26)40-4;1-2/h7-20H,1-6H3;1-2H3. The fourth-order valence-corrected chi connectivity index (χ4v) is 4.80. The Hall–Kier alpha value is -5.24. The van der Waals surface area contributed by atoms with Crippen molar-refractivity contribution in [2.75, 3.05) is 42.7 Å². The van der Waals surface area contributed by atoms with Crippen LogP contribution >= 0.6 is 0 Å². The quantitative estimate of drug-likeness (QED) is 0.160. The average molecular weight is 595 g/mol. The van der Waals surface area contributed by atoms with Crippen molar-refractivity contribution in [3.8, 4) is 79.3 Å². The molecule has 5 rings (SSSR count). The van der Waals surface area contributed by atoms with E-state index in [-0.39, 0.29) is 0 Å². The molecule has 0 aliphatic rings. The molecule has 0 spiro atoms. The largest absolute Gasteiger partial charge is 0.493 e. The average Bonchev–Trinajstić information content (AvgIpc) is 3.11. The monoisotopic (exact) mass is 594 g/mol. The fraction of sp³-hybridized carbons (Fsp3) is 0.222. The van der Waals surface area contributed by atoms with Crippen molar-refractivity contribution in [3.63, 3.8) is 0 Å².